The number of anilines is 1. The van der Waals surface area contributed by atoms with Gasteiger partial charge in [-0.25, -0.2) is 0 Å². The molecular weight excluding hydrogens is 496 g/mol. The highest BCUT2D eigenvalue weighted by Crippen LogP contribution is 2.29. The maximum atomic E-state index is 14.1. The van der Waals surface area contributed by atoms with Gasteiger partial charge in [-0.15, -0.1) is 0 Å². The average molecular weight is 541 g/mol. The van der Waals surface area contributed by atoms with Crippen molar-refractivity contribution in [2.24, 2.45) is 5.92 Å². The summed E-state index contributed by atoms with van der Waals surface area (Å²) in [7, 11) is 5.63. The number of amides is 2. The van der Waals surface area contributed by atoms with E-state index in [4.69, 9.17) is 9.47 Å². The van der Waals surface area contributed by atoms with Crippen molar-refractivity contribution >= 4 is 17.5 Å². The van der Waals surface area contributed by atoms with E-state index in [0.29, 0.717) is 36.6 Å². The van der Waals surface area contributed by atoms with E-state index in [1.807, 2.05) is 58.0 Å². The van der Waals surface area contributed by atoms with E-state index < -0.39 is 6.04 Å². The van der Waals surface area contributed by atoms with E-state index in [0.717, 1.165) is 24.9 Å². The van der Waals surface area contributed by atoms with E-state index in [-0.39, 0.29) is 36.5 Å². The maximum Gasteiger partial charge on any atom is 0.258 e. The van der Waals surface area contributed by atoms with Crippen LogP contribution in [-0.4, -0.2) is 97.4 Å². The number of aliphatic hydroxyl groups excluding tert-OH is 1. The van der Waals surface area contributed by atoms with Gasteiger partial charge in [-0.3, -0.25) is 14.6 Å². The fraction of sp³-hybridized carbons (Fsp3) is 0.567. The highest BCUT2D eigenvalue weighted by atomic mass is 16.5. The molecule has 0 radical (unpaired) electrons. The Hall–Kier alpha value is -3.17. The third-order valence-corrected chi connectivity index (χ3v) is 7.28. The zero-order valence-electron chi connectivity index (χ0n) is 24.2. The fourth-order valence-corrected chi connectivity index (χ4v) is 4.72. The van der Waals surface area contributed by atoms with Crippen LogP contribution in [0.5, 0.6) is 5.75 Å². The van der Waals surface area contributed by atoms with Crippen LogP contribution < -0.4 is 9.64 Å². The molecule has 3 rings (SSSR count). The standard InChI is InChI=1S/C30H44N4O5/c1-21-18-34(22(2)20-35)30(37)26-17-25(32(4)5)10-11-27(26)39-23(3)9-7-8-16-38-28(21)19-33(6)29(36)24-12-14-31-15-13-24/h10-15,17,21-23,28,35H,7-9,16,18-20H2,1-6H3/t21-,22+,23-,28-/m1/s1. The molecule has 4 atom stereocenters. The van der Waals surface area contributed by atoms with E-state index in [9.17, 15) is 14.7 Å². The first-order valence-electron chi connectivity index (χ1n) is 13.8. The van der Waals surface area contributed by atoms with Gasteiger partial charge in [0.05, 0.1) is 30.4 Å². The molecule has 0 saturated carbocycles. The van der Waals surface area contributed by atoms with Crippen LogP contribution in [-0.2, 0) is 4.74 Å². The molecule has 0 unspecified atom stereocenters. The lowest BCUT2D eigenvalue weighted by Crippen LogP contribution is -2.48. The Balaban J connectivity index is 1.93. The number of likely N-dealkylation sites (N-methyl/N-ethyl adjacent to an activating group) is 1. The number of hydrogen-bond acceptors (Lipinski definition) is 7. The van der Waals surface area contributed by atoms with Crippen molar-refractivity contribution in [1.29, 1.82) is 0 Å². The first kappa shape index (κ1) is 30.4. The molecule has 1 aromatic heterocycles. The number of carbonyl (C=O) groups excluding carboxylic acids is 2. The number of nitrogens with zero attached hydrogens (tertiary/aromatic N) is 4. The second kappa shape index (κ2) is 14.3. The SMILES string of the molecule is C[C@@H]1CCCCO[C@H](CN(C)C(=O)c2ccncc2)[C@H](C)CN([C@@H](C)CO)C(=O)c2cc(N(C)C)ccc2O1. The van der Waals surface area contributed by atoms with Gasteiger partial charge in [-0.05, 0) is 63.4 Å². The van der Waals surface area contributed by atoms with Crippen LogP contribution in [0.15, 0.2) is 42.7 Å². The van der Waals surface area contributed by atoms with E-state index in [1.165, 1.54) is 0 Å². The van der Waals surface area contributed by atoms with Gasteiger partial charge < -0.3 is 29.3 Å². The molecule has 0 spiro atoms. The lowest BCUT2D eigenvalue weighted by Gasteiger charge is -2.36. The molecule has 1 aromatic carbocycles. The molecule has 214 valence electrons. The summed E-state index contributed by atoms with van der Waals surface area (Å²) in [6.07, 6.45) is 5.43. The molecule has 1 aliphatic heterocycles. The van der Waals surface area contributed by atoms with Gasteiger partial charge in [-0.2, -0.15) is 0 Å². The molecule has 9 nitrogen and oxygen atoms in total. The van der Waals surface area contributed by atoms with Gasteiger partial charge >= 0.3 is 0 Å². The predicted molar refractivity (Wildman–Crippen MR) is 152 cm³/mol. The topological polar surface area (TPSA) is 95.4 Å². The van der Waals surface area contributed by atoms with Crippen LogP contribution in [0.3, 0.4) is 0 Å². The number of aromatic nitrogens is 1. The fourth-order valence-electron chi connectivity index (χ4n) is 4.72. The molecule has 2 heterocycles. The second-order valence-electron chi connectivity index (χ2n) is 10.8. The molecule has 2 amide bonds. The summed E-state index contributed by atoms with van der Waals surface area (Å²) in [5.41, 5.74) is 1.93. The smallest absolute Gasteiger partial charge is 0.258 e. The Bertz CT molecular complexity index is 1080. The molecule has 9 heteroatoms. The Morgan fingerprint density at radius 1 is 1.15 bits per heavy atom. The Morgan fingerprint density at radius 2 is 1.87 bits per heavy atom. The molecule has 39 heavy (non-hydrogen) atoms. The third-order valence-electron chi connectivity index (χ3n) is 7.28. The van der Waals surface area contributed by atoms with Gasteiger partial charge in [-0.1, -0.05) is 6.92 Å². The van der Waals surface area contributed by atoms with Crippen LogP contribution in [0, 0.1) is 5.92 Å². The number of rotatable bonds is 6. The van der Waals surface area contributed by atoms with Gasteiger partial charge in [0.15, 0.2) is 0 Å². The van der Waals surface area contributed by atoms with Crippen molar-refractivity contribution in [3.8, 4) is 5.75 Å². The minimum atomic E-state index is -0.419. The second-order valence-corrected chi connectivity index (χ2v) is 10.8. The monoisotopic (exact) mass is 540 g/mol. The summed E-state index contributed by atoms with van der Waals surface area (Å²) < 4.78 is 12.6. The van der Waals surface area contributed by atoms with Crippen LogP contribution in [0.2, 0.25) is 0 Å². The third kappa shape index (κ3) is 8.16. The maximum absolute atomic E-state index is 14.1. The molecule has 2 aromatic rings. The Labute approximate surface area is 232 Å². The van der Waals surface area contributed by atoms with Gasteiger partial charge in [0, 0.05) is 70.4 Å². The van der Waals surface area contributed by atoms with Crippen molar-refractivity contribution in [2.45, 2.75) is 58.3 Å². The minimum absolute atomic E-state index is 0.0766. The molecule has 1 aliphatic rings. The van der Waals surface area contributed by atoms with Crippen LogP contribution in [0.1, 0.15) is 60.7 Å². The van der Waals surface area contributed by atoms with Crippen molar-refractivity contribution in [2.75, 3.05) is 52.3 Å². The number of ether oxygens (including phenoxy) is 2. The summed E-state index contributed by atoms with van der Waals surface area (Å²) in [4.78, 5) is 36.4. The van der Waals surface area contributed by atoms with E-state index in [1.54, 1.807) is 41.4 Å². The Kier molecular flexibility index (Phi) is 11.1. The zero-order valence-corrected chi connectivity index (χ0v) is 24.2. The molecule has 0 saturated heterocycles. The summed E-state index contributed by atoms with van der Waals surface area (Å²) >= 11 is 0. The largest absolute Gasteiger partial charge is 0.490 e. The molecule has 0 fully saturated rings. The number of carbonyl (C=O) groups is 2. The normalized spacial score (nSPS) is 21.8. The van der Waals surface area contributed by atoms with Crippen molar-refractivity contribution in [1.82, 2.24) is 14.8 Å². The number of hydrogen-bond donors (Lipinski definition) is 1. The number of benzene rings is 1. The van der Waals surface area contributed by atoms with E-state index >= 15 is 0 Å². The van der Waals surface area contributed by atoms with Gasteiger partial charge in [0.2, 0.25) is 0 Å². The van der Waals surface area contributed by atoms with Gasteiger partial charge in [0.25, 0.3) is 11.8 Å². The van der Waals surface area contributed by atoms with Crippen LogP contribution in [0.4, 0.5) is 5.69 Å². The average Bonchev–Trinajstić information content (AvgIpc) is 2.93. The van der Waals surface area contributed by atoms with Crippen LogP contribution >= 0.6 is 0 Å². The highest BCUT2D eigenvalue weighted by Gasteiger charge is 2.31. The summed E-state index contributed by atoms with van der Waals surface area (Å²) in [6.45, 7) is 6.97. The molecule has 0 aliphatic carbocycles. The first-order chi connectivity index (χ1) is 18.6. The minimum Gasteiger partial charge on any atom is -0.490 e. The lowest BCUT2D eigenvalue weighted by molar-refractivity contribution is -0.0149. The van der Waals surface area contributed by atoms with Crippen molar-refractivity contribution in [3.63, 3.8) is 0 Å². The van der Waals surface area contributed by atoms with Gasteiger partial charge in [0.1, 0.15) is 5.75 Å². The molecular formula is C30H44N4O5. The molecule has 0 bridgehead atoms. The van der Waals surface area contributed by atoms with Crippen molar-refractivity contribution in [3.05, 3.63) is 53.9 Å². The zero-order chi connectivity index (χ0) is 28.5. The predicted octanol–water partition coefficient (Wildman–Crippen LogP) is 3.72. The Morgan fingerprint density at radius 3 is 2.54 bits per heavy atom. The summed E-state index contributed by atoms with van der Waals surface area (Å²) in [6, 6.07) is 8.64. The summed E-state index contributed by atoms with van der Waals surface area (Å²) in [5.74, 6) is 0.124. The number of fused-ring (bicyclic) bond motifs is 1. The quantitative estimate of drug-likeness (QED) is 0.597. The lowest BCUT2D eigenvalue weighted by atomic mass is 10.0. The summed E-state index contributed by atoms with van der Waals surface area (Å²) in [5, 5.41) is 10.1. The number of aliphatic hydroxyl groups is 1. The highest BCUT2D eigenvalue weighted by molar-refractivity contribution is 5.98. The van der Waals surface area contributed by atoms with Crippen molar-refractivity contribution < 1.29 is 24.2 Å². The van der Waals surface area contributed by atoms with E-state index in [2.05, 4.69) is 4.98 Å². The first-order valence-corrected chi connectivity index (χ1v) is 13.8. The number of pyridine rings is 1. The van der Waals surface area contributed by atoms with Crippen LogP contribution in [0.25, 0.3) is 0 Å². The molecule has 1 N–H and O–H groups in total.